The van der Waals surface area contributed by atoms with E-state index in [1.807, 2.05) is 6.07 Å². The van der Waals surface area contributed by atoms with Crippen LogP contribution in [0.2, 0.25) is 0 Å². The largest absolute Gasteiger partial charge is 0.368 e. The third-order valence-corrected chi connectivity index (χ3v) is 4.93. The number of benzene rings is 1. The van der Waals surface area contributed by atoms with Crippen LogP contribution in [0.4, 0.5) is 14.5 Å². The Hall–Kier alpha value is -2.93. The third kappa shape index (κ3) is 3.50. The molecule has 1 aliphatic heterocycles. The molecule has 0 aliphatic carbocycles. The Morgan fingerprint density at radius 3 is 2.59 bits per heavy atom. The van der Waals surface area contributed by atoms with Gasteiger partial charge in [-0.25, -0.2) is 8.78 Å². The second-order valence-electron chi connectivity index (χ2n) is 6.80. The highest BCUT2D eigenvalue weighted by Crippen LogP contribution is 2.31. The van der Waals surface area contributed by atoms with Gasteiger partial charge in [0.15, 0.2) is 11.6 Å². The van der Waals surface area contributed by atoms with Gasteiger partial charge in [0.2, 0.25) is 0 Å². The lowest BCUT2D eigenvalue weighted by molar-refractivity contribution is 0.344. The molecule has 2 aromatic heterocycles. The maximum Gasteiger partial charge on any atom is 0.159 e. The van der Waals surface area contributed by atoms with E-state index < -0.39 is 17.2 Å². The average Bonchev–Trinajstić information content (AvgIpc) is 2.71. The fraction of sp³-hybridized carbons (Fsp3) is 0.250. The van der Waals surface area contributed by atoms with Gasteiger partial charge in [-0.2, -0.15) is 0 Å². The summed E-state index contributed by atoms with van der Waals surface area (Å²) in [4.78, 5) is 15.1. The highest BCUT2D eigenvalue weighted by atomic mass is 19.2. The van der Waals surface area contributed by atoms with Crippen molar-refractivity contribution in [3.63, 3.8) is 0 Å². The number of hydrogen-bond donors (Lipinski definition) is 1. The van der Waals surface area contributed by atoms with Gasteiger partial charge in [-0.05, 0) is 43.2 Å². The highest BCUT2D eigenvalue weighted by molar-refractivity contribution is 5.61. The fourth-order valence-electron chi connectivity index (χ4n) is 3.47. The van der Waals surface area contributed by atoms with Gasteiger partial charge in [-0.1, -0.05) is 0 Å². The molecule has 1 aromatic carbocycles. The van der Waals surface area contributed by atoms with Crippen LogP contribution in [-0.2, 0) is 5.54 Å². The van der Waals surface area contributed by atoms with Gasteiger partial charge in [0.25, 0.3) is 0 Å². The second-order valence-corrected chi connectivity index (χ2v) is 6.80. The molecule has 7 heteroatoms. The summed E-state index contributed by atoms with van der Waals surface area (Å²) < 4.78 is 26.6. The fourth-order valence-corrected chi connectivity index (χ4v) is 3.47. The van der Waals surface area contributed by atoms with E-state index in [0.29, 0.717) is 17.8 Å². The molecule has 0 spiro atoms. The SMILES string of the molecule is NC1(c2cnccn2)CCCN(c2ccc(-c3ccc(F)c(F)c3)nc2)C1. The van der Waals surface area contributed by atoms with E-state index in [0.717, 1.165) is 42.9 Å². The maximum absolute atomic E-state index is 13.4. The number of pyridine rings is 1. The van der Waals surface area contributed by atoms with Crippen LogP contribution in [0.25, 0.3) is 11.3 Å². The summed E-state index contributed by atoms with van der Waals surface area (Å²) in [5.74, 6) is -1.75. The zero-order valence-electron chi connectivity index (χ0n) is 14.6. The van der Waals surface area contributed by atoms with Crippen molar-refractivity contribution in [3.8, 4) is 11.3 Å². The number of halogens is 2. The van der Waals surface area contributed by atoms with Crippen LogP contribution < -0.4 is 10.6 Å². The molecule has 5 nitrogen and oxygen atoms in total. The molecule has 0 bridgehead atoms. The minimum Gasteiger partial charge on any atom is -0.368 e. The quantitative estimate of drug-likeness (QED) is 0.770. The minimum absolute atomic E-state index is 0.534. The number of aromatic nitrogens is 3. The number of anilines is 1. The lowest BCUT2D eigenvalue weighted by Crippen LogP contribution is -2.52. The Morgan fingerprint density at radius 1 is 1.00 bits per heavy atom. The minimum atomic E-state index is -0.883. The van der Waals surface area contributed by atoms with Crippen LogP contribution in [-0.4, -0.2) is 28.0 Å². The zero-order chi connectivity index (χ0) is 18.9. The van der Waals surface area contributed by atoms with Crippen molar-refractivity contribution < 1.29 is 8.78 Å². The molecule has 3 heterocycles. The van der Waals surface area contributed by atoms with E-state index >= 15 is 0 Å². The van der Waals surface area contributed by atoms with Gasteiger partial charge >= 0.3 is 0 Å². The molecule has 0 saturated carbocycles. The summed E-state index contributed by atoms with van der Waals surface area (Å²) in [5, 5.41) is 0. The molecular formula is C20H19F2N5. The number of nitrogens with two attached hydrogens (primary N) is 1. The van der Waals surface area contributed by atoms with Crippen molar-refractivity contribution in [2.45, 2.75) is 18.4 Å². The van der Waals surface area contributed by atoms with E-state index in [9.17, 15) is 8.78 Å². The Kier molecular flexibility index (Phi) is 4.53. The first-order valence-electron chi connectivity index (χ1n) is 8.77. The molecule has 1 fully saturated rings. The highest BCUT2D eigenvalue weighted by Gasteiger charge is 2.35. The Morgan fingerprint density at radius 2 is 1.89 bits per heavy atom. The lowest BCUT2D eigenvalue weighted by Gasteiger charge is -2.40. The Balaban J connectivity index is 1.56. The molecule has 1 aliphatic rings. The third-order valence-electron chi connectivity index (χ3n) is 4.93. The smallest absolute Gasteiger partial charge is 0.159 e. The normalized spacial score (nSPS) is 19.9. The molecule has 27 heavy (non-hydrogen) atoms. The van der Waals surface area contributed by atoms with Gasteiger partial charge in [0, 0.05) is 31.0 Å². The number of nitrogens with zero attached hydrogens (tertiary/aromatic N) is 4. The second kappa shape index (κ2) is 7.00. The van der Waals surface area contributed by atoms with Crippen molar-refractivity contribution >= 4 is 5.69 Å². The summed E-state index contributed by atoms with van der Waals surface area (Å²) in [5.41, 5.74) is 8.88. The predicted molar refractivity (Wildman–Crippen MR) is 98.9 cm³/mol. The standard InChI is InChI=1S/C20H19F2N5/c21-16-4-2-14(10-17(16)22)18-5-3-15(11-26-18)27-9-1-6-20(23,13-27)19-12-24-7-8-25-19/h2-5,7-8,10-12H,1,6,9,13,23H2. The molecule has 2 N–H and O–H groups in total. The van der Waals surface area contributed by atoms with Crippen molar-refractivity contribution in [3.05, 3.63) is 72.4 Å². The summed E-state index contributed by atoms with van der Waals surface area (Å²) in [6.45, 7) is 1.48. The van der Waals surface area contributed by atoms with Crippen LogP contribution >= 0.6 is 0 Å². The van der Waals surface area contributed by atoms with Crippen molar-refractivity contribution in [2.75, 3.05) is 18.0 Å². The molecule has 0 amide bonds. The van der Waals surface area contributed by atoms with Crippen LogP contribution in [0, 0.1) is 11.6 Å². The Labute approximate surface area is 155 Å². The van der Waals surface area contributed by atoms with Crippen molar-refractivity contribution in [1.82, 2.24) is 15.0 Å². The molecule has 4 rings (SSSR count). The van der Waals surface area contributed by atoms with Gasteiger partial charge in [0.1, 0.15) is 0 Å². The summed E-state index contributed by atoms with van der Waals surface area (Å²) in [6.07, 6.45) is 8.50. The van der Waals surface area contributed by atoms with E-state index in [4.69, 9.17) is 5.73 Å². The molecule has 1 saturated heterocycles. The summed E-state index contributed by atoms with van der Waals surface area (Å²) >= 11 is 0. The van der Waals surface area contributed by atoms with Crippen LogP contribution in [0.1, 0.15) is 18.5 Å². The number of rotatable bonds is 3. The Bertz CT molecular complexity index is 933. The van der Waals surface area contributed by atoms with Gasteiger partial charge in [-0.3, -0.25) is 15.0 Å². The zero-order valence-corrected chi connectivity index (χ0v) is 14.6. The molecule has 138 valence electrons. The molecule has 3 aromatic rings. The van der Waals surface area contributed by atoms with Crippen LogP contribution in [0.3, 0.4) is 0 Å². The van der Waals surface area contributed by atoms with E-state index in [1.165, 1.54) is 6.07 Å². The molecule has 1 unspecified atom stereocenters. The van der Waals surface area contributed by atoms with Crippen LogP contribution in [0.5, 0.6) is 0 Å². The molecule has 0 radical (unpaired) electrons. The van der Waals surface area contributed by atoms with E-state index in [-0.39, 0.29) is 0 Å². The maximum atomic E-state index is 13.4. The summed E-state index contributed by atoms with van der Waals surface area (Å²) in [7, 11) is 0. The van der Waals surface area contributed by atoms with E-state index in [2.05, 4.69) is 19.9 Å². The predicted octanol–water partition coefficient (Wildman–Crippen LogP) is 3.27. The van der Waals surface area contributed by atoms with Crippen molar-refractivity contribution in [1.29, 1.82) is 0 Å². The topological polar surface area (TPSA) is 67.9 Å². The van der Waals surface area contributed by atoms with Crippen molar-refractivity contribution in [2.24, 2.45) is 5.73 Å². The first kappa shape index (κ1) is 17.5. The van der Waals surface area contributed by atoms with Gasteiger partial charge < -0.3 is 10.6 Å². The van der Waals surface area contributed by atoms with Gasteiger partial charge in [-0.15, -0.1) is 0 Å². The number of hydrogen-bond acceptors (Lipinski definition) is 5. The first-order valence-corrected chi connectivity index (χ1v) is 8.77. The number of piperidine rings is 1. The van der Waals surface area contributed by atoms with E-state index in [1.54, 1.807) is 30.9 Å². The van der Waals surface area contributed by atoms with Gasteiger partial charge in [0.05, 0.1) is 35.0 Å². The van der Waals surface area contributed by atoms with Crippen LogP contribution in [0.15, 0.2) is 55.1 Å². The lowest BCUT2D eigenvalue weighted by atomic mass is 9.87. The monoisotopic (exact) mass is 367 g/mol. The molecular weight excluding hydrogens is 348 g/mol. The average molecular weight is 367 g/mol. The summed E-state index contributed by atoms with van der Waals surface area (Å²) in [6, 6.07) is 7.50. The molecule has 1 atom stereocenters. The first-order chi connectivity index (χ1) is 13.0.